The Labute approximate surface area is 113 Å². The highest BCUT2D eigenvalue weighted by atomic mass is 32.2. The number of carbonyl (C=O) groups excluding carboxylic acids is 2. The molecule has 104 valence electrons. The molecule has 0 bridgehead atoms. The molecule has 0 atom stereocenters. The maximum absolute atomic E-state index is 11.8. The van der Waals surface area contributed by atoms with Crippen molar-refractivity contribution in [3.05, 3.63) is 0 Å². The Bertz CT molecular complexity index is 307. The van der Waals surface area contributed by atoms with Gasteiger partial charge in [0, 0.05) is 26.2 Å². The van der Waals surface area contributed by atoms with Gasteiger partial charge in [-0.1, -0.05) is 0 Å². The van der Waals surface area contributed by atoms with E-state index in [0.717, 1.165) is 0 Å². The van der Waals surface area contributed by atoms with E-state index in [9.17, 15) is 9.59 Å². The fraction of sp³-hybridized carbons (Fsp3) is 0.833. The molecule has 0 spiro atoms. The van der Waals surface area contributed by atoms with Crippen molar-refractivity contribution in [1.82, 2.24) is 9.80 Å². The van der Waals surface area contributed by atoms with Crippen molar-refractivity contribution in [2.24, 2.45) is 0 Å². The van der Waals surface area contributed by atoms with Gasteiger partial charge in [0.2, 0.25) is 5.91 Å². The van der Waals surface area contributed by atoms with Crippen LogP contribution >= 0.6 is 11.8 Å². The lowest BCUT2D eigenvalue weighted by atomic mass is 10.2. The first-order valence-corrected chi connectivity index (χ1v) is 7.47. The van der Waals surface area contributed by atoms with Gasteiger partial charge in [-0.25, -0.2) is 4.79 Å². The SMILES string of the molecule is CSCC(=O)N1CCN(C(=O)OC(C)(C)C)CC1. The summed E-state index contributed by atoms with van der Waals surface area (Å²) in [4.78, 5) is 26.9. The van der Waals surface area contributed by atoms with Crippen molar-refractivity contribution in [3.63, 3.8) is 0 Å². The van der Waals surface area contributed by atoms with Crippen LogP contribution in [-0.4, -0.2) is 65.6 Å². The average Bonchev–Trinajstić information content (AvgIpc) is 2.27. The van der Waals surface area contributed by atoms with Crippen LogP contribution in [0.4, 0.5) is 4.79 Å². The lowest BCUT2D eigenvalue weighted by Gasteiger charge is -2.35. The van der Waals surface area contributed by atoms with Crippen LogP contribution in [0.25, 0.3) is 0 Å². The second-order valence-electron chi connectivity index (χ2n) is 5.28. The Balaban J connectivity index is 2.39. The molecule has 0 aromatic rings. The van der Waals surface area contributed by atoms with Gasteiger partial charge in [0.25, 0.3) is 0 Å². The first kappa shape index (κ1) is 15.1. The van der Waals surface area contributed by atoms with Crippen LogP contribution in [-0.2, 0) is 9.53 Å². The summed E-state index contributed by atoms with van der Waals surface area (Å²) in [5.74, 6) is 0.651. The van der Waals surface area contributed by atoms with Crippen LogP contribution in [0.5, 0.6) is 0 Å². The molecule has 0 aromatic heterocycles. The lowest BCUT2D eigenvalue weighted by Crippen LogP contribution is -2.52. The molecule has 2 amide bonds. The Morgan fingerprint density at radius 1 is 1.11 bits per heavy atom. The summed E-state index contributed by atoms with van der Waals surface area (Å²) >= 11 is 1.52. The lowest BCUT2D eigenvalue weighted by molar-refractivity contribution is -0.130. The Kier molecular flexibility index (Phi) is 5.31. The maximum atomic E-state index is 11.8. The van der Waals surface area contributed by atoms with E-state index in [1.807, 2.05) is 27.0 Å². The highest BCUT2D eigenvalue weighted by molar-refractivity contribution is 7.99. The molecule has 0 radical (unpaired) electrons. The van der Waals surface area contributed by atoms with E-state index >= 15 is 0 Å². The number of amides is 2. The molecular weight excluding hydrogens is 252 g/mol. The largest absolute Gasteiger partial charge is 0.444 e. The molecule has 0 N–H and O–H groups in total. The molecule has 0 aliphatic carbocycles. The third kappa shape index (κ3) is 4.76. The minimum absolute atomic E-state index is 0.145. The summed E-state index contributed by atoms with van der Waals surface area (Å²) in [6, 6.07) is 0. The summed E-state index contributed by atoms with van der Waals surface area (Å²) in [6.45, 7) is 7.84. The van der Waals surface area contributed by atoms with Gasteiger partial charge in [-0.2, -0.15) is 11.8 Å². The summed E-state index contributed by atoms with van der Waals surface area (Å²) in [6.07, 6.45) is 1.62. The van der Waals surface area contributed by atoms with Crippen molar-refractivity contribution in [3.8, 4) is 0 Å². The van der Waals surface area contributed by atoms with Gasteiger partial charge < -0.3 is 14.5 Å². The number of rotatable bonds is 2. The van der Waals surface area contributed by atoms with E-state index < -0.39 is 5.60 Å². The molecule has 6 heteroatoms. The molecule has 1 rings (SSSR count). The van der Waals surface area contributed by atoms with Crippen LogP contribution in [0.2, 0.25) is 0 Å². The molecule has 1 saturated heterocycles. The highest BCUT2D eigenvalue weighted by Gasteiger charge is 2.27. The molecule has 1 heterocycles. The van der Waals surface area contributed by atoms with Crippen LogP contribution < -0.4 is 0 Å². The smallest absolute Gasteiger partial charge is 0.410 e. The molecule has 1 fully saturated rings. The number of ether oxygens (including phenoxy) is 1. The molecule has 0 aromatic carbocycles. The van der Waals surface area contributed by atoms with Crippen LogP contribution in [0.15, 0.2) is 0 Å². The average molecular weight is 274 g/mol. The topological polar surface area (TPSA) is 49.9 Å². The fourth-order valence-electron chi connectivity index (χ4n) is 1.68. The number of thioether (sulfide) groups is 1. The third-order valence-corrected chi connectivity index (χ3v) is 3.09. The van der Waals surface area contributed by atoms with E-state index in [-0.39, 0.29) is 12.0 Å². The Morgan fingerprint density at radius 2 is 1.61 bits per heavy atom. The zero-order chi connectivity index (χ0) is 13.8. The van der Waals surface area contributed by atoms with Gasteiger partial charge >= 0.3 is 6.09 Å². The molecule has 1 aliphatic rings. The van der Waals surface area contributed by atoms with Crippen LogP contribution in [0.3, 0.4) is 0 Å². The zero-order valence-corrected chi connectivity index (χ0v) is 12.4. The summed E-state index contributed by atoms with van der Waals surface area (Å²) in [5, 5.41) is 0. The molecule has 1 aliphatic heterocycles. The number of hydrogen-bond donors (Lipinski definition) is 0. The molecule has 5 nitrogen and oxygen atoms in total. The quantitative estimate of drug-likeness (QED) is 0.764. The van der Waals surface area contributed by atoms with E-state index in [1.54, 1.807) is 9.80 Å². The number of piperazine rings is 1. The van der Waals surface area contributed by atoms with Crippen molar-refractivity contribution < 1.29 is 14.3 Å². The van der Waals surface area contributed by atoms with Crippen molar-refractivity contribution in [2.45, 2.75) is 26.4 Å². The van der Waals surface area contributed by atoms with Gasteiger partial charge in [-0.05, 0) is 27.0 Å². The van der Waals surface area contributed by atoms with E-state index in [2.05, 4.69) is 0 Å². The standard InChI is InChI=1S/C12H22N2O3S/c1-12(2,3)17-11(16)14-7-5-13(6-8-14)10(15)9-18-4/h5-9H2,1-4H3. The molecule has 0 unspecified atom stereocenters. The summed E-state index contributed by atoms with van der Waals surface area (Å²) < 4.78 is 5.30. The Hall–Kier alpha value is -0.910. The monoisotopic (exact) mass is 274 g/mol. The predicted molar refractivity (Wildman–Crippen MR) is 72.8 cm³/mol. The number of hydrogen-bond acceptors (Lipinski definition) is 4. The van der Waals surface area contributed by atoms with Crippen LogP contribution in [0, 0.1) is 0 Å². The van der Waals surface area contributed by atoms with Crippen molar-refractivity contribution >= 4 is 23.8 Å². The molecular formula is C12H22N2O3S. The zero-order valence-electron chi connectivity index (χ0n) is 11.6. The second kappa shape index (κ2) is 6.31. The second-order valence-corrected chi connectivity index (χ2v) is 6.15. The van der Waals surface area contributed by atoms with Gasteiger partial charge in [0.1, 0.15) is 5.60 Å². The first-order valence-electron chi connectivity index (χ1n) is 6.08. The van der Waals surface area contributed by atoms with Gasteiger partial charge in [-0.15, -0.1) is 0 Å². The number of nitrogens with zero attached hydrogens (tertiary/aromatic N) is 2. The van der Waals surface area contributed by atoms with Crippen LogP contribution in [0.1, 0.15) is 20.8 Å². The summed E-state index contributed by atoms with van der Waals surface area (Å²) in [5.41, 5.74) is -0.469. The minimum atomic E-state index is -0.469. The maximum Gasteiger partial charge on any atom is 0.410 e. The number of carbonyl (C=O) groups is 2. The highest BCUT2D eigenvalue weighted by Crippen LogP contribution is 2.12. The van der Waals surface area contributed by atoms with Crippen molar-refractivity contribution in [1.29, 1.82) is 0 Å². The Morgan fingerprint density at radius 3 is 2.06 bits per heavy atom. The minimum Gasteiger partial charge on any atom is -0.444 e. The summed E-state index contributed by atoms with van der Waals surface area (Å²) in [7, 11) is 0. The normalized spacial score (nSPS) is 16.7. The third-order valence-electron chi connectivity index (χ3n) is 2.55. The van der Waals surface area contributed by atoms with E-state index in [1.165, 1.54) is 11.8 Å². The first-order chi connectivity index (χ1) is 8.33. The van der Waals surface area contributed by atoms with Gasteiger partial charge in [0.15, 0.2) is 0 Å². The molecule has 0 saturated carbocycles. The fourth-order valence-corrected chi connectivity index (χ4v) is 2.11. The van der Waals surface area contributed by atoms with E-state index in [4.69, 9.17) is 4.74 Å². The van der Waals surface area contributed by atoms with Crippen molar-refractivity contribution in [2.75, 3.05) is 38.2 Å². The molecule has 18 heavy (non-hydrogen) atoms. The van der Waals surface area contributed by atoms with E-state index in [0.29, 0.717) is 31.9 Å². The van der Waals surface area contributed by atoms with Gasteiger partial charge in [0.05, 0.1) is 5.75 Å². The predicted octanol–water partition coefficient (Wildman–Crippen LogP) is 1.43. The van der Waals surface area contributed by atoms with Gasteiger partial charge in [-0.3, -0.25) is 4.79 Å².